The van der Waals surface area contributed by atoms with E-state index in [1.165, 1.54) is 18.2 Å². The van der Waals surface area contributed by atoms with Crippen LogP contribution in [0.5, 0.6) is 5.75 Å². The van der Waals surface area contributed by atoms with Gasteiger partial charge >= 0.3 is 0 Å². The lowest BCUT2D eigenvalue weighted by Gasteiger charge is -2.05. The van der Waals surface area contributed by atoms with E-state index in [1.807, 2.05) is 6.07 Å². The van der Waals surface area contributed by atoms with Crippen LogP contribution in [0, 0.1) is 23.0 Å². The largest absolute Gasteiger partial charge is 0.507 e. The Morgan fingerprint density at radius 2 is 1.76 bits per heavy atom. The van der Waals surface area contributed by atoms with Crippen molar-refractivity contribution >= 4 is 0 Å². The maximum Gasteiger partial charge on any atom is 0.126 e. The molecule has 0 atom stereocenters. The molecule has 2 aromatic carbocycles. The van der Waals surface area contributed by atoms with Gasteiger partial charge in [-0.25, -0.2) is 8.78 Å². The van der Waals surface area contributed by atoms with Crippen molar-refractivity contribution in [2.45, 2.75) is 0 Å². The predicted molar refractivity (Wildman–Crippen MR) is 58.2 cm³/mol. The Kier molecular flexibility index (Phi) is 2.75. The summed E-state index contributed by atoms with van der Waals surface area (Å²) in [5, 5.41) is 18.3. The number of hydrogen-bond donors (Lipinski definition) is 1. The van der Waals surface area contributed by atoms with Crippen LogP contribution >= 0.6 is 0 Å². The van der Waals surface area contributed by atoms with Crippen LogP contribution < -0.4 is 0 Å². The zero-order chi connectivity index (χ0) is 12.4. The molecule has 0 unspecified atom stereocenters. The molecule has 0 amide bonds. The lowest BCUT2D eigenvalue weighted by Crippen LogP contribution is -1.85. The Hall–Kier alpha value is -2.41. The number of aromatic hydroxyl groups is 1. The van der Waals surface area contributed by atoms with Gasteiger partial charge in [-0.3, -0.25) is 0 Å². The summed E-state index contributed by atoms with van der Waals surface area (Å²) >= 11 is 0. The summed E-state index contributed by atoms with van der Waals surface area (Å²) in [5.74, 6) is -1.45. The third kappa shape index (κ3) is 2.23. The number of hydrogen-bond acceptors (Lipinski definition) is 2. The molecule has 0 aliphatic heterocycles. The fraction of sp³-hybridized carbons (Fsp3) is 0. The smallest absolute Gasteiger partial charge is 0.126 e. The first-order chi connectivity index (χ1) is 8.10. The Labute approximate surface area is 96.4 Å². The molecule has 2 nitrogen and oxygen atoms in total. The summed E-state index contributed by atoms with van der Waals surface area (Å²) in [6.07, 6.45) is 0. The highest BCUT2D eigenvalue weighted by Crippen LogP contribution is 2.30. The second-order valence-electron chi connectivity index (χ2n) is 3.50. The van der Waals surface area contributed by atoms with Gasteiger partial charge < -0.3 is 5.11 Å². The first-order valence-electron chi connectivity index (χ1n) is 4.80. The molecule has 1 N–H and O–H groups in total. The minimum absolute atomic E-state index is 0.142. The summed E-state index contributed by atoms with van der Waals surface area (Å²) in [6.45, 7) is 0. The van der Waals surface area contributed by atoms with E-state index in [4.69, 9.17) is 5.26 Å². The molecule has 0 aliphatic carbocycles. The van der Waals surface area contributed by atoms with Gasteiger partial charge in [0.05, 0.1) is 11.6 Å². The summed E-state index contributed by atoms with van der Waals surface area (Å²) in [5.41, 5.74) is 0.755. The lowest BCUT2D eigenvalue weighted by molar-refractivity contribution is 0.471. The van der Waals surface area contributed by atoms with Crippen molar-refractivity contribution in [3.63, 3.8) is 0 Å². The molecular formula is C13H7F2NO. The van der Waals surface area contributed by atoms with E-state index < -0.39 is 11.6 Å². The van der Waals surface area contributed by atoms with Gasteiger partial charge in [0.15, 0.2) is 0 Å². The molecule has 4 heteroatoms. The van der Waals surface area contributed by atoms with Gasteiger partial charge in [0.25, 0.3) is 0 Å². The normalized spacial score (nSPS) is 9.94. The molecule has 0 fully saturated rings. The van der Waals surface area contributed by atoms with Crippen molar-refractivity contribution in [2.24, 2.45) is 0 Å². The minimum atomic E-state index is -0.581. The first kappa shape index (κ1) is 11.1. The zero-order valence-electron chi connectivity index (χ0n) is 8.61. The van der Waals surface area contributed by atoms with Gasteiger partial charge in [0.2, 0.25) is 0 Å². The van der Waals surface area contributed by atoms with Crippen molar-refractivity contribution in [1.82, 2.24) is 0 Å². The summed E-state index contributed by atoms with van der Waals surface area (Å²) in [7, 11) is 0. The molecular weight excluding hydrogens is 224 g/mol. The van der Waals surface area contributed by atoms with E-state index in [1.54, 1.807) is 0 Å². The summed E-state index contributed by atoms with van der Waals surface area (Å²) in [4.78, 5) is 0. The molecule has 0 radical (unpaired) electrons. The number of rotatable bonds is 1. The SMILES string of the molecule is N#Cc1cc(F)cc(-c2ccc(F)cc2O)c1. The molecule has 0 aliphatic rings. The van der Waals surface area contributed by atoms with Gasteiger partial charge in [-0.15, -0.1) is 0 Å². The standard InChI is InChI=1S/C13H7F2NO/c14-10-1-2-12(13(17)6-10)9-3-8(7-16)4-11(15)5-9/h1-6,17H. The maximum absolute atomic E-state index is 13.2. The van der Waals surface area contributed by atoms with Gasteiger partial charge in [-0.05, 0) is 35.9 Å². The zero-order valence-corrected chi connectivity index (χ0v) is 8.61. The van der Waals surface area contributed by atoms with Crippen LogP contribution in [0.2, 0.25) is 0 Å². The Bertz CT molecular complexity index is 617. The van der Waals surface area contributed by atoms with Crippen LogP contribution in [0.25, 0.3) is 11.1 Å². The van der Waals surface area contributed by atoms with Crippen LogP contribution in [0.15, 0.2) is 36.4 Å². The predicted octanol–water partition coefficient (Wildman–Crippen LogP) is 3.21. The van der Waals surface area contributed by atoms with Gasteiger partial charge in [-0.2, -0.15) is 5.26 Å². The van der Waals surface area contributed by atoms with E-state index in [-0.39, 0.29) is 16.9 Å². The van der Waals surface area contributed by atoms with E-state index in [0.717, 1.165) is 18.2 Å². The third-order valence-corrected chi connectivity index (χ3v) is 2.30. The molecule has 0 heterocycles. The summed E-state index contributed by atoms with van der Waals surface area (Å²) < 4.78 is 26.0. The second kappa shape index (κ2) is 4.22. The first-order valence-corrected chi connectivity index (χ1v) is 4.80. The van der Waals surface area contributed by atoms with E-state index in [0.29, 0.717) is 5.56 Å². The van der Waals surface area contributed by atoms with E-state index >= 15 is 0 Å². The van der Waals surface area contributed by atoms with Gasteiger partial charge in [-0.1, -0.05) is 0 Å². The highest BCUT2D eigenvalue weighted by molar-refractivity contribution is 5.71. The molecule has 2 rings (SSSR count). The van der Waals surface area contributed by atoms with Crippen molar-refractivity contribution in [3.8, 4) is 22.9 Å². The Balaban J connectivity index is 2.61. The fourth-order valence-corrected chi connectivity index (χ4v) is 1.56. The number of phenols is 1. The van der Waals surface area contributed by atoms with Crippen LogP contribution in [0.4, 0.5) is 8.78 Å². The van der Waals surface area contributed by atoms with Crippen LogP contribution in [-0.2, 0) is 0 Å². The van der Waals surface area contributed by atoms with Crippen molar-refractivity contribution in [1.29, 1.82) is 5.26 Å². The van der Waals surface area contributed by atoms with Crippen LogP contribution in [-0.4, -0.2) is 5.11 Å². The summed E-state index contributed by atoms with van der Waals surface area (Å²) in [6, 6.07) is 8.93. The highest BCUT2D eigenvalue weighted by atomic mass is 19.1. The monoisotopic (exact) mass is 231 g/mol. The highest BCUT2D eigenvalue weighted by Gasteiger charge is 2.08. The van der Waals surface area contributed by atoms with Crippen molar-refractivity contribution < 1.29 is 13.9 Å². The number of nitrogens with zero attached hydrogens (tertiary/aromatic N) is 1. The van der Waals surface area contributed by atoms with Crippen molar-refractivity contribution in [2.75, 3.05) is 0 Å². The third-order valence-electron chi connectivity index (χ3n) is 2.30. The number of benzene rings is 2. The Morgan fingerprint density at radius 3 is 2.41 bits per heavy atom. The molecule has 0 saturated heterocycles. The lowest BCUT2D eigenvalue weighted by atomic mass is 10.0. The van der Waals surface area contributed by atoms with E-state index in [2.05, 4.69) is 0 Å². The topological polar surface area (TPSA) is 44.0 Å². The Morgan fingerprint density at radius 1 is 1.00 bits per heavy atom. The quantitative estimate of drug-likeness (QED) is 0.818. The molecule has 0 aromatic heterocycles. The molecule has 0 bridgehead atoms. The van der Waals surface area contributed by atoms with Gasteiger partial charge in [0, 0.05) is 11.6 Å². The minimum Gasteiger partial charge on any atom is -0.507 e. The molecule has 17 heavy (non-hydrogen) atoms. The number of halogens is 2. The average molecular weight is 231 g/mol. The average Bonchev–Trinajstić information content (AvgIpc) is 2.28. The molecule has 0 spiro atoms. The maximum atomic E-state index is 13.2. The number of phenolic OH excluding ortho intramolecular Hbond substituents is 1. The van der Waals surface area contributed by atoms with Crippen LogP contribution in [0.3, 0.4) is 0 Å². The van der Waals surface area contributed by atoms with Crippen LogP contribution in [0.1, 0.15) is 5.56 Å². The van der Waals surface area contributed by atoms with Gasteiger partial charge in [0.1, 0.15) is 17.4 Å². The molecule has 84 valence electrons. The number of nitriles is 1. The van der Waals surface area contributed by atoms with Crippen molar-refractivity contribution in [3.05, 3.63) is 53.6 Å². The van der Waals surface area contributed by atoms with E-state index in [9.17, 15) is 13.9 Å². The molecule has 0 saturated carbocycles. The second-order valence-corrected chi connectivity index (χ2v) is 3.50. The fourth-order valence-electron chi connectivity index (χ4n) is 1.56. The molecule has 2 aromatic rings.